The number of amides is 2. The number of thiophene rings is 1. The van der Waals surface area contributed by atoms with Gasteiger partial charge in [-0.15, -0.1) is 0 Å². The lowest BCUT2D eigenvalue weighted by molar-refractivity contribution is 0.0604. The van der Waals surface area contributed by atoms with E-state index in [1.807, 2.05) is 10.8 Å². The van der Waals surface area contributed by atoms with Crippen LogP contribution in [-0.2, 0) is 5.60 Å². The predicted molar refractivity (Wildman–Crippen MR) is 83.9 cm³/mol. The number of nitrogens with one attached hydrogen (secondary N) is 2. The lowest BCUT2D eigenvalue weighted by Gasteiger charge is -2.23. The summed E-state index contributed by atoms with van der Waals surface area (Å²) in [6, 6.07) is 5.09. The van der Waals surface area contributed by atoms with Crippen LogP contribution >= 0.6 is 11.3 Å². The van der Waals surface area contributed by atoms with E-state index in [1.165, 1.54) is 36.6 Å². The highest BCUT2D eigenvalue weighted by Gasteiger charge is 2.24. The standard InChI is InChI=1S/C15H17FN2O3S/c1-15(20,10-5-6-22-8-10)9-17-14(19)18-12-4-3-11(16)7-13(12)21-2/h3-8,20H,9H2,1-2H3,(H2,17,18,19). The molecule has 0 spiro atoms. The molecular weight excluding hydrogens is 307 g/mol. The maximum atomic E-state index is 13.1. The van der Waals surface area contributed by atoms with Crippen LogP contribution in [0.4, 0.5) is 14.9 Å². The quantitative estimate of drug-likeness (QED) is 0.792. The first-order valence-corrected chi connectivity index (χ1v) is 7.50. The number of anilines is 1. The molecule has 2 rings (SSSR count). The Bertz CT molecular complexity index is 644. The molecule has 1 heterocycles. The van der Waals surface area contributed by atoms with Crippen LogP contribution in [0.5, 0.6) is 5.75 Å². The fraction of sp³-hybridized carbons (Fsp3) is 0.267. The normalized spacial score (nSPS) is 13.3. The number of ether oxygens (including phenoxy) is 1. The highest BCUT2D eigenvalue weighted by molar-refractivity contribution is 7.08. The van der Waals surface area contributed by atoms with Crippen molar-refractivity contribution in [3.8, 4) is 5.75 Å². The molecule has 1 unspecified atom stereocenters. The van der Waals surface area contributed by atoms with Gasteiger partial charge in [0.2, 0.25) is 0 Å². The molecular formula is C15H17FN2O3S. The number of methoxy groups -OCH3 is 1. The third kappa shape index (κ3) is 3.96. The van der Waals surface area contributed by atoms with Crippen molar-refractivity contribution in [3.63, 3.8) is 0 Å². The number of benzene rings is 1. The van der Waals surface area contributed by atoms with Gasteiger partial charge in [-0.3, -0.25) is 0 Å². The summed E-state index contributed by atoms with van der Waals surface area (Å²) in [6.07, 6.45) is 0. The Morgan fingerprint density at radius 2 is 2.23 bits per heavy atom. The molecule has 0 aliphatic heterocycles. The summed E-state index contributed by atoms with van der Waals surface area (Å²) in [5, 5.41) is 19.1. The topological polar surface area (TPSA) is 70.6 Å². The molecule has 118 valence electrons. The summed E-state index contributed by atoms with van der Waals surface area (Å²) in [5.74, 6) is -0.233. The highest BCUT2D eigenvalue weighted by atomic mass is 32.1. The van der Waals surface area contributed by atoms with Crippen LogP contribution in [0.2, 0.25) is 0 Å². The number of hydrogen-bond donors (Lipinski definition) is 3. The van der Waals surface area contributed by atoms with Gasteiger partial charge in [-0.2, -0.15) is 11.3 Å². The number of urea groups is 1. The van der Waals surface area contributed by atoms with E-state index in [0.717, 1.165) is 5.56 Å². The van der Waals surface area contributed by atoms with E-state index in [9.17, 15) is 14.3 Å². The van der Waals surface area contributed by atoms with Gasteiger partial charge < -0.3 is 20.5 Å². The summed E-state index contributed by atoms with van der Waals surface area (Å²) < 4.78 is 18.1. The smallest absolute Gasteiger partial charge is 0.319 e. The fourth-order valence-electron chi connectivity index (χ4n) is 1.86. The Morgan fingerprint density at radius 3 is 2.86 bits per heavy atom. The van der Waals surface area contributed by atoms with Gasteiger partial charge in [0.1, 0.15) is 17.2 Å². The molecule has 22 heavy (non-hydrogen) atoms. The molecule has 0 fully saturated rings. The van der Waals surface area contributed by atoms with E-state index < -0.39 is 17.4 Å². The van der Waals surface area contributed by atoms with Crippen molar-refractivity contribution in [1.82, 2.24) is 5.32 Å². The third-order valence-corrected chi connectivity index (χ3v) is 3.83. The number of carbonyl (C=O) groups is 1. The molecule has 0 radical (unpaired) electrons. The van der Waals surface area contributed by atoms with Crippen LogP contribution in [0.1, 0.15) is 12.5 Å². The molecule has 5 nitrogen and oxygen atoms in total. The summed E-state index contributed by atoms with van der Waals surface area (Å²) >= 11 is 1.47. The largest absolute Gasteiger partial charge is 0.494 e. The molecule has 0 aliphatic carbocycles. The summed E-state index contributed by atoms with van der Waals surface area (Å²) in [6.45, 7) is 1.66. The molecule has 0 bridgehead atoms. The zero-order chi connectivity index (χ0) is 16.2. The average Bonchev–Trinajstić information content (AvgIpc) is 3.02. The van der Waals surface area contributed by atoms with Crippen molar-refractivity contribution in [3.05, 3.63) is 46.4 Å². The minimum absolute atomic E-state index is 0.0408. The number of hydrogen-bond acceptors (Lipinski definition) is 4. The molecule has 0 aliphatic rings. The second-order valence-corrected chi connectivity index (χ2v) is 5.72. The zero-order valence-electron chi connectivity index (χ0n) is 12.2. The van der Waals surface area contributed by atoms with Gasteiger partial charge in [-0.25, -0.2) is 9.18 Å². The number of aliphatic hydroxyl groups is 1. The van der Waals surface area contributed by atoms with E-state index in [0.29, 0.717) is 5.69 Å². The average molecular weight is 324 g/mol. The van der Waals surface area contributed by atoms with Crippen molar-refractivity contribution < 1.29 is 19.0 Å². The lowest BCUT2D eigenvalue weighted by atomic mass is 9.99. The Hall–Kier alpha value is -2.12. The highest BCUT2D eigenvalue weighted by Crippen LogP contribution is 2.25. The predicted octanol–water partition coefficient (Wildman–Crippen LogP) is 2.93. The van der Waals surface area contributed by atoms with Gasteiger partial charge in [-0.05, 0) is 41.4 Å². The SMILES string of the molecule is COc1cc(F)ccc1NC(=O)NCC(C)(O)c1ccsc1. The van der Waals surface area contributed by atoms with E-state index in [1.54, 1.807) is 13.0 Å². The van der Waals surface area contributed by atoms with Gasteiger partial charge in [0.25, 0.3) is 0 Å². The van der Waals surface area contributed by atoms with Gasteiger partial charge in [0.05, 0.1) is 19.3 Å². The van der Waals surface area contributed by atoms with Crippen molar-refractivity contribution in [1.29, 1.82) is 0 Å². The van der Waals surface area contributed by atoms with E-state index >= 15 is 0 Å². The maximum Gasteiger partial charge on any atom is 0.319 e. The van der Waals surface area contributed by atoms with Crippen molar-refractivity contribution in [2.24, 2.45) is 0 Å². The third-order valence-electron chi connectivity index (χ3n) is 3.15. The molecule has 7 heteroatoms. The van der Waals surface area contributed by atoms with Crippen LogP contribution < -0.4 is 15.4 Å². The van der Waals surface area contributed by atoms with Gasteiger partial charge in [0.15, 0.2) is 0 Å². The lowest BCUT2D eigenvalue weighted by Crippen LogP contribution is -2.40. The molecule has 0 saturated carbocycles. The minimum atomic E-state index is -1.16. The molecule has 0 saturated heterocycles. The first-order valence-electron chi connectivity index (χ1n) is 6.56. The van der Waals surface area contributed by atoms with Gasteiger partial charge in [-0.1, -0.05) is 0 Å². The molecule has 3 N–H and O–H groups in total. The van der Waals surface area contributed by atoms with Crippen LogP contribution in [-0.4, -0.2) is 24.8 Å². The number of halogens is 1. The molecule has 2 amide bonds. The number of carbonyl (C=O) groups excluding carboxylic acids is 1. The maximum absolute atomic E-state index is 13.1. The van der Waals surface area contributed by atoms with Crippen molar-refractivity contribution in [2.45, 2.75) is 12.5 Å². The van der Waals surface area contributed by atoms with Gasteiger partial charge in [0, 0.05) is 6.07 Å². The van der Waals surface area contributed by atoms with Crippen LogP contribution in [0.15, 0.2) is 35.0 Å². The monoisotopic (exact) mass is 324 g/mol. The first-order chi connectivity index (χ1) is 10.4. The van der Waals surface area contributed by atoms with Crippen LogP contribution in [0.25, 0.3) is 0 Å². The Morgan fingerprint density at radius 1 is 1.45 bits per heavy atom. The Balaban J connectivity index is 1.96. The molecule has 1 atom stereocenters. The summed E-state index contributed by atoms with van der Waals surface area (Å²) in [4.78, 5) is 11.9. The first kappa shape index (κ1) is 16.3. The molecule has 1 aromatic heterocycles. The van der Waals surface area contributed by atoms with E-state index in [2.05, 4.69) is 10.6 Å². The number of rotatable bonds is 5. The van der Waals surface area contributed by atoms with Crippen LogP contribution in [0.3, 0.4) is 0 Å². The summed E-state index contributed by atoms with van der Waals surface area (Å²) in [5.41, 5.74) is -0.0849. The second kappa shape index (κ2) is 6.76. The van der Waals surface area contributed by atoms with Crippen LogP contribution in [0, 0.1) is 5.82 Å². The fourth-order valence-corrected chi connectivity index (χ4v) is 2.64. The van der Waals surface area contributed by atoms with Crippen molar-refractivity contribution >= 4 is 23.1 Å². The van der Waals surface area contributed by atoms with Gasteiger partial charge >= 0.3 is 6.03 Å². The summed E-state index contributed by atoms with van der Waals surface area (Å²) in [7, 11) is 1.39. The zero-order valence-corrected chi connectivity index (χ0v) is 13.0. The molecule has 1 aromatic carbocycles. The Kier molecular flexibility index (Phi) is 4.99. The second-order valence-electron chi connectivity index (χ2n) is 4.94. The van der Waals surface area contributed by atoms with Crippen molar-refractivity contribution in [2.75, 3.05) is 19.0 Å². The minimum Gasteiger partial charge on any atom is -0.494 e. The molecule has 2 aromatic rings. The van der Waals surface area contributed by atoms with E-state index in [4.69, 9.17) is 4.74 Å². The van der Waals surface area contributed by atoms with E-state index in [-0.39, 0.29) is 12.3 Å². The Labute approximate surface area is 131 Å².